The number of nitrogens with one attached hydrogen (secondary N) is 1. The van der Waals surface area contributed by atoms with Crippen LogP contribution >= 0.6 is 15.9 Å². The third-order valence-electron chi connectivity index (χ3n) is 3.59. The minimum Gasteiger partial charge on any atom is -0.493 e. The topological polar surface area (TPSA) is 67.8 Å². The molecule has 0 saturated heterocycles. The Balaban J connectivity index is 2.11. The van der Waals surface area contributed by atoms with Crippen molar-refractivity contribution < 1.29 is 19.4 Å². The van der Waals surface area contributed by atoms with Crippen molar-refractivity contribution in [3.8, 4) is 11.5 Å². The van der Waals surface area contributed by atoms with Gasteiger partial charge in [-0.3, -0.25) is 4.79 Å². The lowest BCUT2D eigenvalue weighted by atomic mass is 10.1. The van der Waals surface area contributed by atoms with Crippen LogP contribution in [0.15, 0.2) is 46.9 Å². The highest BCUT2D eigenvalue weighted by Gasteiger charge is 2.11. The molecule has 2 rings (SSSR count). The van der Waals surface area contributed by atoms with Crippen LogP contribution in [0, 0.1) is 6.92 Å². The number of benzene rings is 2. The largest absolute Gasteiger partial charge is 0.493 e. The van der Waals surface area contributed by atoms with Crippen molar-refractivity contribution >= 4 is 27.9 Å². The SMILES string of the molecule is COc1cc(/C=C/C(=O)NCCO)cc(Br)c1OCc1ccc(C)cc1. The average molecular weight is 420 g/mol. The maximum atomic E-state index is 11.6. The van der Waals surface area contributed by atoms with E-state index in [-0.39, 0.29) is 19.1 Å². The van der Waals surface area contributed by atoms with Gasteiger partial charge in [-0.05, 0) is 52.2 Å². The lowest BCUT2D eigenvalue weighted by Gasteiger charge is -2.14. The molecular weight excluding hydrogens is 398 g/mol. The first-order valence-corrected chi connectivity index (χ1v) is 8.95. The molecule has 6 heteroatoms. The van der Waals surface area contributed by atoms with Crippen molar-refractivity contribution in [3.63, 3.8) is 0 Å². The van der Waals surface area contributed by atoms with Crippen LogP contribution in [-0.2, 0) is 11.4 Å². The number of halogens is 1. The molecule has 5 nitrogen and oxygen atoms in total. The van der Waals surface area contributed by atoms with E-state index in [1.165, 1.54) is 11.6 Å². The summed E-state index contributed by atoms with van der Waals surface area (Å²) >= 11 is 3.50. The zero-order chi connectivity index (χ0) is 18.9. The molecule has 0 saturated carbocycles. The molecule has 26 heavy (non-hydrogen) atoms. The Morgan fingerprint density at radius 3 is 2.65 bits per heavy atom. The highest BCUT2D eigenvalue weighted by atomic mass is 79.9. The van der Waals surface area contributed by atoms with Gasteiger partial charge in [0.1, 0.15) is 6.61 Å². The highest BCUT2D eigenvalue weighted by Crippen LogP contribution is 2.37. The van der Waals surface area contributed by atoms with Gasteiger partial charge < -0.3 is 19.9 Å². The van der Waals surface area contributed by atoms with E-state index in [0.717, 1.165) is 15.6 Å². The molecule has 0 aliphatic carbocycles. The summed E-state index contributed by atoms with van der Waals surface area (Å²) in [6.07, 6.45) is 3.08. The second kappa shape index (κ2) is 9.99. The highest BCUT2D eigenvalue weighted by molar-refractivity contribution is 9.10. The molecule has 0 fully saturated rings. The summed E-state index contributed by atoms with van der Waals surface area (Å²) in [5.74, 6) is 0.908. The van der Waals surface area contributed by atoms with E-state index in [1.807, 2.05) is 37.3 Å². The van der Waals surface area contributed by atoms with Gasteiger partial charge in [0.15, 0.2) is 11.5 Å². The summed E-state index contributed by atoms with van der Waals surface area (Å²) in [5, 5.41) is 11.3. The molecule has 0 radical (unpaired) electrons. The van der Waals surface area contributed by atoms with Gasteiger partial charge in [-0.25, -0.2) is 0 Å². The Morgan fingerprint density at radius 2 is 2.00 bits per heavy atom. The zero-order valence-corrected chi connectivity index (χ0v) is 16.4. The molecule has 0 aromatic heterocycles. The van der Waals surface area contributed by atoms with Crippen molar-refractivity contribution in [2.24, 2.45) is 0 Å². The standard InChI is InChI=1S/C20H22BrNO4/c1-14-3-5-15(6-4-14)13-26-20-17(21)11-16(12-18(20)25-2)7-8-19(24)22-9-10-23/h3-8,11-12,23H,9-10,13H2,1-2H3,(H,22,24)/b8-7+. The number of aliphatic hydroxyl groups excluding tert-OH is 1. The Kier molecular flexibility index (Phi) is 7.69. The Labute approximate surface area is 161 Å². The maximum Gasteiger partial charge on any atom is 0.244 e. The first-order chi connectivity index (χ1) is 12.5. The first-order valence-electron chi connectivity index (χ1n) is 8.16. The number of carbonyl (C=O) groups excluding carboxylic acids is 1. The monoisotopic (exact) mass is 419 g/mol. The fourth-order valence-electron chi connectivity index (χ4n) is 2.23. The number of methoxy groups -OCH3 is 1. The first kappa shape index (κ1) is 20.0. The van der Waals surface area contributed by atoms with E-state index in [9.17, 15) is 4.79 Å². The van der Waals surface area contributed by atoms with E-state index in [4.69, 9.17) is 14.6 Å². The second-order valence-electron chi connectivity index (χ2n) is 5.66. The van der Waals surface area contributed by atoms with Crippen LogP contribution in [0.25, 0.3) is 6.08 Å². The molecule has 0 spiro atoms. The Morgan fingerprint density at radius 1 is 1.27 bits per heavy atom. The number of hydrogen-bond acceptors (Lipinski definition) is 4. The number of amides is 1. The van der Waals surface area contributed by atoms with Crippen LogP contribution in [-0.4, -0.2) is 31.3 Å². The molecule has 0 aliphatic heterocycles. The number of rotatable bonds is 8. The molecule has 0 bridgehead atoms. The van der Waals surface area contributed by atoms with Gasteiger partial charge >= 0.3 is 0 Å². The van der Waals surface area contributed by atoms with Gasteiger partial charge in [-0.1, -0.05) is 29.8 Å². The predicted octanol–water partition coefficient (Wildman–Crippen LogP) is 3.47. The van der Waals surface area contributed by atoms with Gasteiger partial charge in [0.25, 0.3) is 0 Å². The average Bonchev–Trinajstić information content (AvgIpc) is 2.64. The van der Waals surface area contributed by atoms with Crippen LogP contribution in [0.2, 0.25) is 0 Å². The summed E-state index contributed by atoms with van der Waals surface area (Å²) in [7, 11) is 1.57. The van der Waals surface area contributed by atoms with Crippen LogP contribution in [0.5, 0.6) is 11.5 Å². The molecule has 138 valence electrons. The summed E-state index contributed by atoms with van der Waals surface area (Å²) in [5.41, 5.74) is 3.05. The van der Waals surface area contributed by atoms with E-state index < -0.39 is 0 Å². The smallest absolute Gasteiger partial charge is 0.244 e. The summed E-state index contributed by atoms with van der Waals surface area (Å²) in [4.78, 5) is 11.6. The van der Waals surface area contributed by atoms with Gasteiger partial charge in [0, 0.05) is 12.6 Å². The van der Waals surface area contributed by atoms with Crippen LogP contribution in [0.3, 0.4) is 0 Å². The van der Waals surface area contributed by atoms with Crippen LogP contribution in [0.1, 0.15) is 16.7 Å². The van der Waals surface area contributed by atoms with E-state index in [1.54, 1.807) is 19.3 Å². The minimum absolute atomic E-state index is 0.0913. The molecule has 0 unspecified atom stereocenters. The van der Waals surface area contributed by atoms with E-state index in [2.05, 4.69) is 21.2 Å². The number of carbonyl (C=O) groups is 1. The fourth-order valence-corrected chi connectivity index (χ4v) is 2.80. The van der Waals surface area contributed by atoms with Crippen molar-refractivity contribution in [3.05, 3.63) is 63.6 Å². The van der Waals surface area contributed by atoms with Crippen molar-refractivity contribution in [1.29, 1.82) is 0 Å². The lowest BCUT2D eigenvalue weighted by Crippen LogP contribution is -2.24. The molecule has 1 amide bonds. The lowest BCUT2D eigenvalue weighted by molar-refractivity contribution is -0.116. The van der Waals surface area contributed by atoms with E-state index in [0.29, 0.717) is 18.1 Å². The molecular formula is C20H22BrNO4. The molecule has 0 atom stereocenters. The summed E-state index contributed by atoms with van der Waals surface area (Å²) in [6, 6.07) is 11.8. The zero-order valence-electron chi connectivity index (χ0n) is 14.8. The number of aryl methyl sites for hydroxylation is 1. The van der Waals surface area contributed by atoms with Crippen LogP contribution in [0.4, 0.5) is 0 Å². The third kappa shape index (κ3) is 5.89. The molecule has 0 aliphatic rings. The van der Waals surface area contributed by atoms with E-state index >= 15 is 0 Å². The fraction of sp³-hybridized carbons (Fsp3) is 0.250. The minimum atomic E-state index is -0.270. The van der Waals surface area contributed by atoms with Crippen LogP contribution < -0.4 is 14.8 Å². The van der Waals surface area contributed by atoms with Crippen molar-refractivity contribution in [2.75, 3.05) is 20.3 Å². The predicted molar refractivity (Wildman–Crippen MR) is 105 cm³/mol. The van der Waals surface area contributed by atoms with Gasteiger partial charge in [-0.15, -0.1) is 0 Å². The molecule has 0 heterocycles. The maximum absolute atomic E-state index is 11.6. The Hall–Kier alpha value is -2.31. The quantitative estimate of drug-likeness (QED) is 0.642. The number of aliphatic hydroxyl groups is 1. The Bertz CT molecular complexity index is 772. The summed E-state index contributed by atoms with van der Waals surface area (Å²) < 4.78 is 12.1. The van der Waals surface area contributed by atoms with Gasteiger partial charge in [-0.2, -0.15) is 0 Å². The molecule has 2 aromatic rings. The van der Waals surface area contributed by atoms with Gasteiger partial charge in [0.2, 0.25) is 5.91 Å². The van der Waals surface area contributed by atoms with Crippen molar-refractivity contribution in [2.45, 2.75) is 13.5 Å². The number of hydrogen-bond donors (Lipinski definition) is 2. The second-order valence-corrected chi connectivity index (χ2v) is 6.51. The van der Waals surface area contributed by atoms with Gasteiger partial charge in [0.05, 0.1) is 18.2 Å². The third-order valence-corrected chi connectivity index (χ3v) is 4.18. The molecule has 2 N–H and O–H groups in total. The molecule has 2 aromatic carbocycles. The van der Waals surface area contributed by atoms with Crippen molar-refractivity contribution in [1.82, 2.24) is 5.32 Å². The normalized spacial score (nSPS) is 10.8. The summed E-state index contributed by atoms with van der Waals surface area (Å²) in [6.45, 7) is 2.60. The number of ether oxygens (including phenoxy) is 2.